The summed E-state index contributed by atoms with van der Waals surface area (Å²) in [6.45, 7) is 7.12. The van der Waals surface area contributed by atoms with Crippen molar-refractivity contribution < 1.29 is 9.59 Å². The summed E-state index contributed by atoms with van der Waals surface area (Å²) in [6.07, 6.45) is 1.31. The highest BCUT2D eigenvalue weighted by molar-refractivity contribution is 7.10. The first-order valence-electron chi connectivity index (χ1n) is 9.98. The van der Waals surface area contributed by atoms with E-state index in [2.05, 4.69) is 17.6 Å². The molecule has 2 aromatic rings. The second kappa shape index (κ2) is 10.9. The van der Waals surface area contributed by atoms with Gasteiger partial charge in [0.15, 0.2) is 0 Å². The molecule has 0 bridgehead atoms. The van der Waals surface area contributed by atoms with Crippen LogP contribution in [-0.4, -0.2) is 43.5 Å². The Bertz CT molecular complexity index is 803. The van der Waals surface area contributed by atoms with Gasteiger partial charge >= 0.3 is 6.03 Å². The van der Waals surface area contributed by atoms with Gasteiger partial charge in [0.2, 0.25) is 5.91 Å². The van der Waals surface area contributed by atoms with Crippen LogP contribution in [0.25, 0.3) is 0 Å². The number of benzene rings is 1. The van der Waals surface area contributed by atoms with Crippen molar-refractivity contribution in [1.82, 2.24) is 10.2 Å². The number of anilines is 2. The molecule has 0 saturated carbocycles. The Kier molecular flexibility index (Phi) is 8.51. The lowest BCUT2D eigenvalue weighted by atomic mass is 10.1. The van der Waals surface area contributed by atoms with E-state index >= 15 is 0 Å². The van der Waals surface area contributed by atoms with E-state index in [1.54, 1.807) is 11.3 Å². The zero-order valence-corrected chi connectivity index (χ0v) is 18.8. The molecule has 0 aliphatic carbocycles. The average Bonchev–Trinajstić information content (AvgIpc) is 3.13. The monoisotopic (exact) mass is 416 g/mol. The second-order valence-electron chi connectivity index (χ2n) is 7.56. The molecule has 158 valence electrons. The normalized spacial score (nSPS) is 10.7. The molecule has 0 fully saturated rings. The van der Waals surface area contributed by atoms with Crippen LogP contribution < -0.4 is 15.5 Å². The predicted molar refractivity (Wildman–Crippen MR) is 122 cm³/mol. The first kappa shape index (κ1) is 22.7. The number of nitrogens with zero attached hydrogens (tertiary/aromatic N) is 2. The van der Waals surface area contributed by atoms with Crippen LogP contribution in [0.5, 0.6) is 0 Å². The fourth-order valence-electron chi connectivity index (χ4n) is 3.10. The molecule has 0 unspecified atom stereocenters. The number of thiophene rings is 1. The molecule has 1 heterocycles. The van der Waals surface area contributed by atoms with E-state index in [0.29, 0.717) is 25.2 Å². The fraction of sp³-hybridized carbons (Fsp3) is 0.455. The van der Waals surface area contributed by atoms with Crippen molar-refractivity contribution in [3.8, 4) is 0 Å². The number of hydrogen-bond acceptors (Lipinski definition) is 4. The molecule has 29 heavy (non-hydrogen) atoms. The minimum Gasteiger partial charge on any atom is -0.377 e. The molecule has 0 aliphatic heterocycles. The molecule has 6 nitrogen and oxygen atoms in total. The van der Waals surface area contributed by atoms with Gasteiger partial charge in [-0.1, -0.05) is 13.0 Å². The van der Waals surface area contributed by atoms with E-state index in [0.717, 1.165) is 22.5 Å². The molecular weight excluding hydrogens is 384 g/mol. The van der Waals surface area contributed by atoms with Gasteiger partial charge in [0.05, 0.1) is 6.42 Å². The molecule has 3 amide bonds. The van der Waals surface area contributed by atoms with Crippen LogP contribution in [0, 0.1) is 0 Å². The minimum absolute atomic E-state index is 0.0606. The Morgan fingerprint density at radius 2 is 1.93 bits per heavy atom. The largest absolute Gasteiger partial charge is 0.377 e. The van der Waals surface area contributed by atoms with E-state index in [1.165, 1.54) is 0 Å². The van der Waals surface area contributed by atoms with Gasteiger partial charge in [0.25, 0.3) is 0 Å². The Morgan fingerprint density at radius 1 is 1.17 bits per heavy atom. The molecule has 0 aliphatic rings. The van der Waals surface area contributed by atoms with E-state index < -0.39 is 0 Å². The SMILES string of the molecule is CCCN(Cc1cc(NC(=O)NC(C)C)ccc1N(C)C)C(=O)Cc1cccs1. The summed E-state index contributed by atoms with van der Waals surface area (Å²) in [6, 6.07) is 9.61. The first-order chi connectivity index (χ1) is 13.8. The average molecular weight is 417 g/mol. The first-order valence-corrected chi connectivity index (χ1v) is 10.9. The smallest absolute Gasteiger partial charge is 0.319 e. The van der Waals surface area contributed by atoms with Gasteiger partial charge in [-0.15, -0.1) is 11.3 Å². The van der Waals surface area contributed by atoms with Crippen molar-refractivity contribution >= 4 is 34.6 Å². The van der Waals surface area contributed by atoms with Gasteiger partial charge in [0.1, 0.15) is 0 Å². The van der Waals surface area contributed by atoms with Gasteiger partial charge in [-0.3, -0.25) is 4.79 Å². The third kappa shape index (κ3) is 7.09. The van der Waals surface area contributed by atoms with Crippen molar-refractivity contribution in [3.63, 3.8) is 0 Å². The zero-order valence-electron chi connectivity index (χ0n) is 18.0. The lowest BCUT2D eigenvalue weighted by Gasteiger charge is -2.26. The molecule has 0 saturated heterocycles. The van der Waals surface area contributed by atoms with Crippen molar-refractivity contribution in [2.75, 3.05) is 30.9 Å². The Morgan fingerprint density at radius 3 is 2.52 bits per heavy atom. The molecule has 2 rings (SSSR count). The lowest BCUT2D eigenvalue weighted by Crippen LogP contribution is -2.34. The lowest BCUT2D eigenvalue weighted by molar-refractivity contribution is -0.131. The molecule has 2 N–H and O–H groups in total. The van der Waals surface area contributed by atoms with Crippen LogP contribution in [0.4, 0.5) is 16.2 Å². The predicted octanol–water partition coefficient (Wildman–Crippen LogP) is 4.33. The van der Waals surface area contributed by atoms with Crippen molar-refractivity contribution in [3.05, 3.63) is 46.2 Å². The summed E-state index contributed by atoms with van der Waals surface area (Å²) in [4.78, 5) is 30.0. The van der Waals surface area contributed by atoms with Gasteiger partial charge in [-0.2, -0.15) is 0 Å². The highest BCUT2D eigenvalue weighted by Crippen LogP contribution is 2.25. The van der Waals surface area contributed by atoms with Crippen molar-refractivity contribution in [2.45, 2.75) is 46.2 Å². The zero-order chi connectivity index (χ0) is 21.4. The summed E-state index contributed by atoms with van der Waals surface area (Å²) in [5.41, 5.74) is 2.75. The number of nitrogens with one attached hydrogen (secondary N) is 2. The van der Waals surface area contributed by atoms with Gasteiger partial charge in [-0.25, -0.2) is 4.79 Å². The number of amides is 3. The highest BCUT2D eigenvalue weighted by atomic mass is 32.1. The van der Waals surface area contributed by atoms with E-state index in [4.69, 9.17) is 0 Å². The third-order valence-corrected chi connectivity index (χ3v) is 5.23. The number of rotatable bonds is 9. The van der Waals surface area contributed by atoms with Crippen LogP contribution in [0.1, 0.15) is 37.6 Å². The molecule has 0 atom stereocenters. The Labute approximate surface area is 177 Å². The molecule has 1 aromatic carbocycles. The molecule has 0 radical (unpaired) electrons. The van der Waals surface area contributed by atoms with Crippen LogP contribution in [-0.2, 0) is 17.8 Å². The van der Waals surface area contributed by atoms with Crippen molar-refractivity contribution in [1.29, 1.82) is 0 Å². The van der Waals surface area contributed by atoms with Gasteiger partial charge in [0, 0.05) is 49.5 Å². The van der Waals surface area contributed by atoms with Crippen molar-refractivity contribution in [2.24, 2.45) is 0 Å². The maximum Gasteiger partial charge on any atom is 0.319 e. The van der Waals surface area contributed by atoms with Crippen LogP contribution in [0.2, 0.25) is 0 Å². The number of carbonyl (C=O) groups is 2. The summed E-state index contributed by atoms with van der Waals surface area (Å²) >= 11 is 1.60. The Hall–Kier alpha value is -2.54. The van der Waals surface area contributed by atoms with Gasteiger partial charge in [-0.05, 0) is 55.5 Å². The minimum atomic E-state index is -0.234. The molecule has 7 heteroatoms. The van der Waals surface area contributed by atoms with E-state index in [1.807, 2.05) is 73.5 Å². The van der Waals surface area contributed by atoms with Gasteiger partial charge < -0.3 is 20.4 Å². The third-order valence-electron chi connectivity index (χ3n) is 4.35. The van der Waals surface area contributed by atoms with Crippen LogP contribution >= 0.6 is 11.3 Å². The number of carbonyl (C=O) groups excluding carboxylic acids is 2. The summed E-state index contributed by atoms with van der Waals surface area (Å²) in [5, 5.41) is 7.70. The van der Waals surface area contributed by atoms with Crippen LogP contribution in [0.15, 0.2) is 35.7 Å². The highest BCUT2D eigenvalue weighted by Gasteiger charge is 2.17. The second-order valence-corrected chi connectivity index (χ2v) is 8.59. The number of urea groups is 1. The summed E-state index contributed by atoms with van der Waals surface area (Å²) < 4.78 is 0. The summed E-state index contributed by atoms with van der Waals surface area (Å²) in [5.74, 6) is 0.120. The molecule has 1 aromatic heterocycles. The topological polar surface area (TPSA) is 64.7 Å². The fourth-order valence-corrected chi connectivity index (χ4v) is 3.79. The molecular formula is C22H32N4O2S. The maximum atomic E-state index is 12.9. The van der Waals surface area contributed by atoms with Crippen LogP contribution in [0.3, 0.4) is 0 Å². The summed E-state index contributed by atoms with van der Waals surface area (Å²) in [7, 11) is 3.96. The maximum absolute atomic E-state index is 12.9. The van der Waals surface area contributed by atoms with E-state index in [-0.39, 0.29) is 18.0 Å². The molecule has 0 spiro atoms. The quantitative estimate of drug-likeness (QED) is 0.640. The standard InChI is InChI=1S/C22H32N4O2S/c1-6-11-26(21(27)14-19-8-7-12-29-19)15-17-13-18(9-10-20(17)25(4)5)24-22(28)23-16(2)3/h7-10,12-13,16H,6,11,14-15H2,1-5H3,(H2,23,24,28). The number of hydrogen-bond donors (Lipinski definition) is 2. The Balaban J connectivity index is 2.22. The van der Waals surface area contributed by atoms with E-state index in [9.17, 15) is 9.59 Å².